The van der Waals surface area contributed by atoms with Crippen LogP contribution in [0.5, 0.6) is 23.0 Å². The lowest BCUT2D eigenvalue weighted by Gasteiger charge is -2.36. The van der Waals surface area contributed by atoms with Gasteiger partial charge in [0.2, 0.25) is 0 Å². The molecule has 0 atom stereocenters. The number of aromatic nitrogens is 1. The lowest BCUT2D eigenvalue weighted by molar-refractivity contribution is 0.467. The lowest BCUT2D eigenvalue weighted by atomic mass is 9.34. The molecule has 0 bridgehead atoms. The summed E-state index contributed by atoms with van der Waals surface area (Å²) in [5, 5.41) is 4.76. The zero-order valence-electron chi connectivity index (χ0n) is 30.3. The van der Waals surface area contributed by atoms with Crippen LogP contribution in [0.25, 0.3) is 71.6 Å². The first-order chi connectivity index (χ1) is 27.8. The Kier molecular flexibility index (Phi) is 6.72. The van der Waals surface area contributed by atoms with E-state index in [1.54, 1.807) is 0 Å². The van der Waals surface area contributed by atoms with E-state index >= 15 is 0 Å². The van der Waals surface area contributed by atoms with Crippen molar-refractivity contribution in [3.63, 3.8) is 0 Å². The number of nitrogens with zero attached hydrogens (tertiary/aromatic N) is 1. The van der Waals surface area contributed by atoms with E-state index < -0.39 is 0 Å². The van der Waals surface area contributed by atoms with Crippen LogP contribution in [-0.4, -0.2) is 11.3 Å². The zero-order valence-corrected chi connectivity index (χ0v) is 30.3. The number of para-hydroxylation sites is 1. The highest BCUT2D eigenvalue weighted by atomic mass is 16.5. The van der Waals surface area contributed by atoms with Gasteiger partial charge in [-0.3, -0.25) is 0 Å². The lowest BCUT2D eigenvalue weighted by Crippen LogP contribution is -2.57. The maximum atomic E-state index is 7.32. The number of hydrogen-bond acceptors (Lipinski definition) is 2. The third-order valence-electron chi connectivity index (χ3n) is 11.7. The molecule has 10 aromatic rings. The van der Waals surface area contributed by atoms with E-state index in [1.165, 1.54) is 38.1 Å². The van der Waals surface area contributed by atoms with Crippen molar-refractivity contribution in [3.05, 3.63) is 194 Å². The molecule has 56 heavy (non-hydrogen) atoms. The molecule has 0 radical (unpaired) electrons. The molecule has 0 amide bonds. The van der Waals surface area contributed by atoms with E-state index in [0.717, 1.165) is 72.9 Å². The van der Waals surface area contributed by atoms with Gasteiger partial charge in [-0.25, -0.2) is 0 Å². The second-order valence-corrected chi connectivity index (χ2v) is 14.8. The summed E-state index contributed by atoms with van der Waals surface area (Å²) in [7, 11) is 0. The number of rotatable bonds is 4. The highest BCUT2D eigenvalue weighted by molar-refractivity contribution is 7.00. The molecule has 0 aliphatic carbocycles. The van der Waals surface area contributed by atoms with E-state index in [1.807, 2.05) is 0 Å². The molecule has 0 unspecified atom stereocenters. The molecular formula is C52H32BNO2. The van der Waals surface area contributed by atoms with Gasteiger partial charge in [0.05, 0.1) is 11.0 Å². The fourth-order valence-corrected chi connectivity index (χ4v) is 9.20. The first kappa shape index (κ1) is 31.1. The van der Waals surface area contributed by atoms with Crippen molar-refractivity contribution in [1.29, 1.82) is 0 Å². The van der Waals surface area contributed by atoms with Crippen molar-refractivity contribution >= 4 is 55.7 Å². The van der Waals surface area contributed by atoms with E-state index in [2.05, 4.69) is 199 Å². The third kappa shape index (κ3) is 4.60. The number of benzene rings is 9. The van der Waals surface area contributed by atoms with Crippen molar-refractivity contribution in [2.45, 2.75) is 0 Å². The van der Waals surface area contributed by atoms with Gasteiger partial charge in [0.15, 0.2) is 0 Å². The van der Waals surface area contributed by atoms with Crippen LogP contribution in [-0.2, 0) is 0 Å². The van der Waals surface area contributed by atoms with Crippen molar-refractivity contribution < 1.29 is 9.47 Å². The van der Waals surface area contributed by atoms with E-state index in [-0.39, 0.29) is 6.71 Å². The Morgan fingerprint density at radius 3 is 1.66 bits per heavy atom. The Morgan fingerprint density at radius 1 is 0.375 bits per heavy atom. The van der Waals surface area contributed by atoms with Crippen LogP contribution in [0.15, 0.2) is 194 Å². The van der Waals surface area contributed by atoms with Gasteiger partial charge >= 0.3 is 0 Å². The van der Waals surface area contributed by atoms with Crippen molar-refractivity contribution in [1.82, 2.24) is 4.57 Å². The summed E-state index contributed by atoms with van der Waals surface area (Å²) in [5.74, 6) is 3.43. The van der Waals surface area contributed by atoms with Crippen molar-refractivity contribution in [2.24, 2.45) is 0 Å². The number of fused-ring (bicyclic) bond motifs is 9. The van der Waals surface area contributed by atoms with Crippen LogP contribution in [0.3, 0.4) is 0 Å². The summed E-state index contributed by atoms with van der Waals surface area (Å²) in [5.41, 5.74) is 13.4. The fraction of sp³-hybridized carbons (Fsp3) is 0. The van der Waals surface area contributed by atoms with E-state index in [0.29, 0.717) is 0 Å². The molecule has 260 valence electrons. The van der Waals surface area contributed by atoms with Crippen LogP contribution in [0.1, 0.15) is 0 Å². The molecule has 0 spiro atoms. The molecule has 4 heteroatoms. The van der Waals surface area contributed by atoms with Gasteiger partial charge in [0.1, 0.15) is 23.0 Å². The normalized spacial score (nSPS) is 12.5. The summed E-state index contributed by atoms with van der Waals surface area (Å²) in [6, 6.07) is 69.4. The first-order valence-electron chi connectivity index (χ1n) is 19.2. The van der Waals surface area contributed by atoms with Crippen LogP contribution < -0.4 is 25.9 Å². The summed E-state index contributed by atoms with van der Waals surface area (Å²) in [6.07, 6.45) is 0. The zero-order chi connectivity index (χ0) is 36.7. The van der Waals surface area contributed by atoms with E-state index in [4.69, 9.17) is 9.47 Å². The molecule has 9 aromatic carbocycles. The van der Waals surface area contributed by atoms with Gasteiger partial charge in [-0.05, 0) is 80.4 Å². The molecule has 0 N–H and O–H groups in total. The molecule has 0 saturated heterocycles. The fourth-order valence-electron chi connectivity index (χ4n) is 9.20. The molecule has 3 nitrogen and oxygen atoms in total. The molecule has 1 aromatic heterocycles. The molecule has 12 rings (SSSR count). The summed E-state index contributed by atoms with van der Waals surface area (Å²) >= 11 is 0. The Balaban J connectivity index is 1.22. The van der Waals surface area contributed by atoms with Gasteiger partial charge in [-0.2, -0.15) is 0 Å². The quantitative estimate of drug-likeness (QED) is 0.170. The Morgan fingerprint density at radius 2 is 0.964 bits per heavy atom. The maximum Gasteiger partial charge on any atom is 0.261 e. The van der Waals surface area contributed by atoms with Crippen LogP contribution in [0, 0.1) is 0 Å². The summed E-state index contributed by atoms with van der Waals surface area (Å²) in [6.45, 7) is -0.151. The van der Waals surface area contributed by atoms with Crippen LogP contribution >= 0.6 is 0 Å². The van der Waals surface area contributed by atoms with Crippen molar-refractivity contribution in [3.8, 4) is 62.1 Å². The van der Waals surface area contributed by atoms with E-state index in [9.17, 15) is 0 Å². The second kappa shape index (κ2) is 12.1. The monoisotopic (exact) mass is 713 g/mol. The van der Waals surface area contributed by atoms with Crippen LogP contribution in [0.2, 0.25) is 0 Å². The molecule has 2 aliphatic rings. The summed E-state index contributed by atoms with van der Waals surface area (Å²) < 4.78 is 16.8. The topological polar surface area (TPSA) is 23.4 Å². The second-order valence-electron chi connectivity index (χ2n) is 14.8. The van der Waals surface area contributed by atoms with Gasteiger partial charge < -0.3 is 14.0 Å². The maximum absolute atomic E-state index is 7.32. The minimum atomic E-state index is -0.151. The highest BCUT2D eigenvalue weighted by Crippen LogP contribution is 2.47. The Bertz CT molecular complexity index is 3180. The SMILES string of the molecule is c1ccc(-c2ccc3c(c2)c2cc4c(cc2n3-c2ccccc2)Oc2c(-c3ccccc3)cc(-c3ccccc3)c3c2B4c2c(ccc4ccccc24)O3)cc1. The largest absolute Gasteiger partial charge is 0.458 e. The molecule has 3 heterocycles. The predicted octanol–water partition coefficient (Wildman–Crippen LogP) is 11.7. The van der Waals surface area contributed by atoms with Gasteiger partial charge in [-0.15, -0.1) is 0 Å². The average Bonchev–Trinajstić information content (AvgIpc) is 3.59. The Labute approximate surface area is 324 Å². The predicted molar refractivity (Wildman–Crippen MR) is 232 cm³/mol. The molecule has 0 saturated carbocycles. The van der Waals surface area contributed by atoms with Crippen LogP contribution in [0.4, 0.5) is 0 Å². The standard InChI is InChI=1S/C52H32BNO2/c1-5-15-33(16-6-1)37-25-27-45-42(29-37)43-31-44-48(32-46(43)54(45)38-22-11-4-12-23-38)56-52-41(35-19-9-3-10-20-35)30-40(34-17-7-2-8-18-34)51-50(52)53(44)49-39-24-14-13-21-36(39)26-28-47(49)55-51/h1-32H. The Hall–Kier alpha value is -7.30. The minimum Gasteiger partial charge on any atom is -0.458 e. The molecular weight excluding hydrogens is 681 g/mol. The molecule has 0 fully saturated rings. The van der Waals surface area contributed by atoms with Gasteiger partial charge in [0.25, 0.3) is 6.71 Å². The third-order valence-corrected chi connectivity index (χ3v) is 11.7. The van der Waals surface area contributed by atoms with Crippen molar-refractivity contribution in [2.75, 3.05) is 0 Å². The van der Waals surface area contributed by atoms with Gasteiger partial charge in [-0.1, -0.05) is 152 Å². The highest BCUT2D eigenvalue weighted by Gasteiger charge is 2.44. The summed E-state index contributed by atoms with van der Waals surface area (Å²) in [4.78, 5) is 0. The first-order valence-corrected chi connectivity index (χ1v) is 19.2. The van der Waals surface area contributed by atoms with Gasteiger partial charge in [0, 0.05) is 39.1 Å². The minimum absolute atomic E-state index is 0.151. The molecule has 2 aliphatic heterocycles. The smallest absolute Gasteiger partial charge is 0.261 e. The number of ether oxygens (including phenoxy) is 2. The average molecular weight is 714 g/mol. The number of hydrogen-bond donors (Lipinski definition) is 0.